The lowest BCUT2D eigenvalue weighted by Crippen LogP contribution is -2.37. The average molecular weight is 427 g/mol. The first-order chi connectivity index (χ1) is 15.0. The highest BCUT2D eigenvalue weighted by Crippen LogP contribution is 2.28. The van der Waals surface area contributed by atoms with Crippen molar-refractivity contribution < 1.29 is 14.7 Å². The van der Waals surface area contributed by atoms with E-state index >= 15 is 0 Å². The maximum Gasteiger partial charge on any atom is 0.333 e. The van der Waals surface area contributed by atoms with Gasteiger partial charge in [-0.2, -0.15) is 0 Å². The van der Waals surface area contributed by atoms with Crippen LogP contribution in [0.15, 0.2) is 22.1 Å². The molecule has 1 heterocycles. The molecule has 168 valence electrons. The van der Waals surface area contributed by atoms with Crippen LogP contribution < -0.4 is 10.9 Å². The standard InChI is InChI=1S/C25H34N2O4/c28-23(26-21-13-8-12-19(21)25(30)31)20-15-18-11-6-1-2-7-14-22(18)27(24(20)29)16-17-9-4-3-5-10-17/h15,17H,1-14,16H2,(H,26,28)(H,30,31). The molecule has 1 amide bonds. The number of carboxylic acid groups (broad SMARTS) is 1. The summed E-state index contributed by atoms with van der Waals surface area (Å²) >= 11 is 0. The molecule has 0 unspecified atom stereocenters. The van der Waals surface area contributed by atoms with Crippen molar-refractivity contribution in [3.8, 4) is 0 Å². The number of nitrogens with zero attached hydrogens (tertiary/aromatic N) is 1. The molecular weight excluding hydrogens is 392 g/mol. The van der Waals surface area contributed by atoms with Gasteiger partial charge < -0.3 is 15.0 Å². The number of allylic oxidation sites excluding steroid dienone is 1. The van der Waals surface area contributed by atoms with Crippen molar-refractivity contribution in [2.45, 2.75) is 96.4 Å². The van der Waals surface area contributed by atoms with E-state index in [1.54, 1.807) is 6.07 Å². The minimum Gasteiger partial charge on any atom is -0.478 e. The van der Waals surface area contributed by atoms with Gasteiger partial charge in [0.05, 0.1) is 5.57 Å². The van der Waals surface area contributed by atoms with Crippen LogP contribution in [0.1, 0.15) is 98.7 Å². The molecule has 6 heteroatoms. The van der Waals surface area contributed by atoms with E-state index < -0.39 is 11.9 Å². The minimum absolute atomic E-state index is 0.166. The molecular formula is C25H34N2O4. The Bertz CT molecular complexity index is 938. The lowest BCUT2D eigenvalue weighted by atomic mass is 9.88. The van der Waals surface area contributed by atoms with Crippen LogP contribution in [0, 0.1) is 5.92 Å². The number of rotatable bonds is 5. The first-order valence-corrected chi connectivity index (χ1v) is 12.1. The minimum atomic E-state index is -0.985. The molecule has 3 aliphatic carbocycles. The van der Waals surface area contributed by atoms with E-state index in [0.29, 0.717) is 37.4 Å². The number of aryl methyl sites for hydroxylation is 1. The molecule has 4 rings (SSSR count). The quantitative estimate of drug-likeness (QED) is 0.733. The van der Waals surface area contributed by atoms with Gasteiger partial charge in [-0.15, -0.1) is 0 Å². The Labute approximate surface area is 183 Å². The Kier molecular flexibility index (Phi) is 6.93. The molecule has 0 saturated heterocycles. The normalized spacial score (nSPS) is 20.1. The summed E-state index contributed by atoms with van der Waals surface area (Å²) in [5.41, 5.74) is 2.93. The van der Waals surface area contributed by atoms with Gasteiger partial charge in [0.1, 0.15) is 5.56 Å². The first kappa shape index (κ1) is 21.8. The highest BCUT2D eigenvalue weighted by Gasteiger charge is 2.26. The van der Waals surface area contributed by atoms with Crippen molar-refractivity contribution in [3.63, 3.8) is 0 Å². The number of hydrogen-bond acceptors (Lipinski definition) is 3. The fourth-order valence-corrected chi connectivity index (χ4v) is 5.54. The number of aromatic nitrogens is 1. The molecule has 31 heavy (non-hydrogen) atoms. The molecule has 0 aliphatic heterocycles. The van der Waals surface area contributed by atoms with Gasteiger partial charge in [-0.05, 0) is 75.3 Å². The van der Waals surface area contributed by atoms with E-state index in [4.69, 9.17) is 0 Å². The van der Waals surface area contributed by atoms with Gasteiger partial charge in [0.25, 0.3) is 11.5 Å². The van der Waals surface area contributed by atoms with Gasteiger partial charge in [0, 0.05) is 17.9 Å². The Balaban J connectivity index is 1.70. The third kappa shape index (κ3) is 4.94. The summed E-state index contributed by atoms with van der Waals surface area (Å²) in [5, 5.41) is 12.2. The van der Waals surface area contributed by atoms with Crippen LogP contribution in [0.3, 0.4) is 0 Å². The van der Waals surface area contributed by atoms with Gasteiger partial charge >= 0.3 is 5.97 Å². The van der Waals surface area contributed by atoms with Crippen molar-refractivity contribution in [2.75, 3.05) is 0 Å². The van der Waals surface area contributed by atoms with Crippen molar-refractivity contribution in [2.24, 2.45) is 5.92 Å². The molecule has 1 aromatic heterocycles. The molecule has 1 aromatic rings. The Hall–Kier alpha value is -2.37. The highest BCUT2D eigenvalue weighted by atomic mass is 16.4. The molecule has 0 radical (unpaired) electrons. The van der Waals surface area contributed by atoms with Crippen LogP contribution in [0.5, 0.6) is 0 Å². The van der Waals surface area contributed by atoms with E-state index in [1.807, 2.05) is 4.57 Å². The smallest absolute Gasteiger partial charge is 0.333 e. The molecule has 1 saturated carbocycles. The molecule has 0 aromatic carbocycles. The van der Waals surface area contributed by atoms with Crippen LogP contribution in [0.2, 0.25) is 0 Å². The maximum absolute atomic E-state index is 13.5. The Morgan fingerprint density at radius 2 is 1.65 bits per heavy atom. The maximum atomic E-state index is 13.5. The zero-order chi connectivity index (χ0) is 21.8. The van der Waals surface area contributed by atoms with E-state index in [-0.39, 0.29) is 16.7 Å². The van der Waals surface area contributed by atoms with E-state index in [9.17, 15) is 19.5 Å². The number of nitrogens with one attached hydrogen (secondary N) is 1. The molecule has 0 atom stereocenters. The number of carbonyl (C=O) groups is 2. The fourth-order valence-electron chi connectivity index (χ4n) is 5.54. The first-order valence-electron chi connectivity index (χ1n) is 12.1. The summed E-state index contributed by atoms with van der Waals surface area (Å²) in [4.78, 5) is 38.1. The number of pyridine rings is 1. The third-order valence-electron chi connectivity index (χ3n) is 7.25. The summed E-state index contributed by atoms with van der Waals surface area (Å²) in [6.45, 7) is 0.700. The number of carboxylic acids is 1. The summed E-state index contributed by atoms with van der Waals surface area (Å²) in [7, 11) is 0. The van der Waals surface area contributed by atoms with Crippen LogP contribution in [-0.4, -0.2) is 21.6 Å². The van der Waals surface area contributed by atoms with Crippen molar-refractivity contribution >= 4 is 11.9 Å². The Morgan fingerprint density at radius 1 is 0.935 bits per heavy atom. The fraction of sp³-hybridized carbons (Fsp3) is 0.640. The number of aliphatic carboxylic acids is 1. The zero-order valence-corrected chi connectivity index (χ0v) is 18.4. The highest BCUT2D eigenvalue weighted by molar-refractivity contribution is 5.97. The molecule has 2 N–H and O–H groups in total. The van der Waals surface area contributed by atoms with E-state index in [1.165, 1.54) is 32.1 Å². The van der Waals surface area contributed by atoms with Gasteiger partial charge in [-0.3, -0.25) is 9.59 Å². The third-order valence-corrected chi connectivity index (χ3v) is 7.25. The molecule has 6 nitrogen and oxygen atoms in total. The number of fused-ring (bicyclic) bond motifs is 1. The largest absolute Gasteiger partial charge is 0.478 e. The zero-order valence-electron chi connectivity index (χ0n) is 18.4. The molecule has 1 fully saturated rings. The predicted octanol–water partition coefficient (Wildman–Crippen LogP) is 4.34. The molecule has 0 spiro atoms. The lowest BCUT2D eigenvalue weighted by molar-refractivity contribution is -0.132. The van der Waals surface area contributed by atoms with Crippen LogP contribution in [0.25, 0.3) is 0 Å². The van der Waals surface area contributed by atoms with Crippen LogP contribution in [-0.2, 0) is 24.2 Å². The molecule has 3 aliphatic rings. The van der Waals surface area contributed by atoms with Crippen LogP contribution in [0.4, 0.5) is 0 Å². The average Bonchev–Trinajstić information content (AvgIpc) is 3.20. The van der Waals surface area contributed by atoms with Crippen molar-refractivity contribution in [1.82, 2.24) is 9.88 Å². The van der Waals surface area contributed by atoms with Gasteiger partial charge in [-0.1, -0.05) is 32.1 Å². The second-order valence-electron chi connectivity index (χ2n) is 9.43. The van der Waals surface area contributed by atoms with Crippen molar-refractivity contribution in [1.29, 1.82) is 0 Å². The van der Waals surface area contributed by atoms with E-state index in [2.05, 4.69) is 5.32 Å². The summed E-state index contributed by atoms with van der Waals surface area (Å²) in [6, 6.07) is 1.80. The second-order valence-corrected chi connectivity index (χ2v) is 9.43. The number of hydrogen-bond donors (Lipinski definition) is 2. The number of carbonyl (C=O) groups excluding carboxylic acids is 1. The Morgan fingerprint density at radius 3 is 2.39 bits per heavy atom. The molecule has 0 bridgehead atoms. The van der Waals surface area contributed by atoms with Crippen LogP contribution >= 0.6 is 0 Å². The summed E-state index contributed by atoms with van der Waals surface area (Å²) < 4.78 is 1.91. The van der Waals surface area contributed by atoms with Gasteiger partial charge in [0.2, 0.25) is 0 Å². The monoisotopic (exact) mass is 426 g/mol. The topological polar surface area (TPSA) is 88.4 Å². The summed E-state index contributed by atoms with van der Waals surface area (Å²) in [5.74, 6) is -0.945. The lowest BCUT2D eigenvalue weighted by Gasteiger charge is -2.26. The second kappa shape index (κ2) is 9.84. The van der Waals surface area contributed by atoms with Gasteiger partial charge in [0.15, 0.2) is 0 Å². The van der Waals surface area contributed by atoms with Gasteiger partial charge in [-0.25, -0.2) is 4.79 Å². The van der Waals surface area contributed by atoms with E-state index in [0.717, 1.165) is 49.8 Å². The SMILES string of the molecule is O=C(O)C1=C(NC(=O)c2cc3c(n(CC4CCCCC4)c2=O)CCCCCC3)CCC1. The van der Waals surface area contributed by atoms with Crippen molar-refractivity contribution in [3.05, 3.63) is 44.5 Å². The number of amides is 1. The summed E-state index contributed by atoms with van der Waals surface area (Å²) in [6.07, 6.45) is 14.0. The predicted molar refractivity (Wildman–Crippen MR) is 119 cm³/mol.